The quantitative estimate of drug-likeness (QED) is 0.703. The standard InChI is InChI=1S/C20H22FN3O4/c1-13(2)20(19(26)23-11-15(10-21)27-12-25)9-17(24-28-20)18-16-6-4-3-5-14(16)7-8-22-18/h3-8,12-13,15H,9-11H2,1-2H3,(H,23,26). The van der Waals surface area contributed by atoms with E-state index in [1.165, 1.54) is 0 Å². The van der Waals surface area contributed by atoms with Gasteiger partial charge in [0.15, 0.2) is 0 Å². The van der Waals surface area contributed by atoms with Crippen molar-refractivity contribution in [3.63, 3.8) is 0 Å². The maximum absolute atomic E-state index is 12.9. The van der Waals surface area contributed by atoms with Gasteiger partial charge >= 0.3 is 0 Å². The molecule has 0 radical (unpaired) electrons. The molecule has 1 N–H and O–H groups in total. The van der Waals surface area contributed by atoms with Crippen molar-refractivity contribution in [2.24, 2.45) is 11.1 Å². The number of aromatic nitrogens is 1. The van der Waals surface area contributed by atoms with Crippen LogP contribution in [0.1, 0.15) is 26.0 Å². The third-order valence-corrected chi connectivity index (χ3v) is 4.92. The Morgan fingerprint density at radius 3 is 2.89 bits per heavy atom. The van der Waals surface area contributed by atoms with Crippen molar-refractivity contribution in [2.75, 3.05) is 13.2 Å². The first-order valence-corrected chi connectivity index (χ1v) is 9.04. The monoisotopic (exact) mass is 387 g/mol. The van der Waals surface area contributed by atoms with Crippen molar-refractivity contribution in [2.45, 2.75) is 32.0 Å². The lowest BCUT2D eigenvalue weighted by Crippen LogP contribution is -2.52. The largest absolute Gasteiger partial charge is 0.460 e. The number of fused-ring (bicyclic) bond motifs is 1. The van der Waals surface area contributed by atoms with Gasteiger partial charge in [-0.25, -0.2) is 4.39 Å². The van der Waals surface area contributed by atoms with Crippen LogP contribution in [0.15, 0.2) is 41.7 Å². The Kier molecular flexibility index (Phi) is 5.87. The number of oxime groups is 1. The lowest BCUT2D eigenvalue weighted by atomic mass is 9.84. The average Bonchev–Trinajstić information content (AvgIpc) is 3.17. The fraction of sp³-hybridized carbons (Fsp3) is 0.400. The number of amides is 1. The highest BCUT2D eigenvalue weighted by atomic mass is 19.1. The summed E-state index contributed by atoms with van der Waals surface area (Å²) >= 11 is 0. The maximum atomic E-state index is 12.9. The molecule has 2 heterocycles. The van der Waals surface area contributed by atoms with Gasteiger partial charge in [-0.1, -0.05) is 43.3 Å². The molecular formula is C20H22FN3O4. The summed E-state index contributed by atoms with van der Waals surface area (Å²) in [4.78, 5) is 33.4. The molecule has 1 aromatic carbocycles. The number of alkyl halides is 1. The molecule has 3 rings (SSSR count). The number of halogens is 1. The second-order valence-corrected chi connectivity index (χ2v) is 6.95. The zero-order valence-corrected chi connectivity index (χ0v) is 15.7. The van der Waals surface area contributed by atoms with E-state index < -0.39 is 24.3 Å². The van der Waals surface area contributed by atoms with Gasteiger partial charge in [0.25, 0.3) is 12.4 Å². The molecule has 1 aliphatic heterocycles. The molecule has 0 saturated heterocycles. The van der Waals surface area contributed by atoms with Gasteiger partial charge in [-0.3, -0.25) is 14.6 Å². The van der Waals surface area contributed by atoms with Gasteiger partial charge in [-0.2, -0.15) is 0 Å². The summed E-state index contributed by atoms with van der Waals surface area (Å²) in [7, 11) is 0. The van der Waals surface area contributed by atoms with Crippen LogP contribution in [0, 0.1) is 5.92 Å². The van der Waals surface area contributed by atoms with E-state index in [1.54, 1.807) is 6.20 Å². The summed E-state index contributed by atoms with van der Waals surface area (Å²) in [5.74, 6) is -0.644. The summed E-state index contributed by atoms with van der Waals surface area (Å²) in [5, 5.41) is 8.71. The van der Waals surface area contributed by atoms with E-state index in [2.05, 4.69) is 20.2 Å². The Morgan fingerprint density at radius 2 is 2.18 bits per heavy atom. The highest BCUT2D eigenvalue weighted by molar-refractivity contribution is 6.11. The molecule has 0 saturated carbocycles. The van der Waals surface area contributed by atoms with Gasteiger partial charge in [-0.05, 0) is 11.5 Å². The first-order valence-electron chi connectivity index (χ1n) is 9.04. The van der Waals surface area contributed by atoms with Crippen LogP contribution in [-0.4, -0.2) is 48.0 Å². The summed E-state index contributed by atoms with van der Waals surface area (Å²) < 4.78 is 17.4. The number of carbonyl (C=O) groups is 2. The highest BCUT2D eigenvalue weighted by Crippen LogP contribution is 2.35. The molecule has 2 unspecified atom stereocenters. The molecule has 28 heavy (non-hydrogen) atoms. The maximum Gasteiger partial charge on any atom is 0.293 e. The number of carbonyl (C=O) groups excluding carboxylic acids is 2. The summed E-state index contributed by atoms with van der Waals surface area (Å²) in [6.45, 7) is 2.82. The molecule has 8 heteroatoms. The van der Waals surface area contributed by atoms with Crippen molar-refractivity contribution >= 4 is 28.9 Å². The number of rotatable bonds is 8. The average molecular weight is 387 g/mol. The molecule has 1 aliphatic rings. The normalized spacial score (nSPS) is 19.8. The number of ether oxygens (including phenoxy) is 1. The Morgan fingerprint density at radius 1 is 1.39 bits per heavy atom. The Labute approximate surface area is 161 Å². The molecule has 1 amide bonds. The van der Waals surface area contributed by atoms with E-state index in [1.807, 2.05) is 44.2 Å². The minimum absolute atomic E-state index is 0.145. The minimum Gasteiger partial charge on any atom is -0.460 e. The minimum atomic E-state index is -1.24. The number of nitrogens with zero attached hydrogens (tertiary/aromatic N) is 2. The number of nitrogens with one attached hydrogen (secondary N) is 1. The fourth-order valence-electron chi connectivity index (χ4n) is 3.19. The van der Waals surface area contributed by atoms with Crippen LogP contribution >= 0.6 is 0 Å². The predicted molar refractivity (Wildman–Crippen MR) is 101 cm³/mol. The zero-order chi connectivity index (χ0) is 20.1. The van der Waals surface area contributed by atoms with Gasteiger partial charge in [0, 0.05) is 23.9 Å². The first-order chi connectivity index (χ1) is 13.5. The van der Waals surface area contributed by atoms with Gasteiger partial charge < -0.3 is 14.9 Å². The smallest absolute Gasteiger partial charge is 0.293 e. The predicted octanol–water partition coefficient (Wildman–Crippen LogP) is 2.38. The molecule has 0 spiro atoms. The molecular weight excluding hydrogens is 365 g/mol. The lowest BCUT2D eigenvalue weighted by molar-refractivity contribution is -0.151. The molecule has 2 atom stereocenters. The number of hydrogen-bond donors (Lipinski definition) is 1. The molecule has 2 aromatic rings. The van der Waals surface area contributed by atoms with Crippen LogP contribution in [0.2, 0.25) is 0 Å². The van der Waals surface area contributed by atoms with Crippen molar-refractivity contribution in [1.29, 1.82) is 0 Å². The lowest BCUT2D eigenvalue weighted by Gasteiger charge is -2.29. The Balaban J connectivity index is 1.81. The number of benzene rings is 1. The molecule has 0 bridgehead atoms. The van der Waals surface area contributed by atoms with Crippen LogP contribution < -0.4 is 5.32 Å². The van der Waals surface area contributed by atoms with Crippen molar-refractivity contribution in [1.82, 2.24) is 10.3 Å². The highest BCUT2D eigenvalue weighted by Gasteiger charge is 2.50. The van der Waals surface area contributed by atoms with Crippen LogP contribution in [0.5, 0.6) is 0 Å². The van der Waals surface area contributed by atoms with E-state index in [-0.39, 0.29) is 25.4 Å². The number of hydrogen-bond acceptors (Lipinski definition) is 6. The molecule has 7 nitrogen and oxygen atoms in total. The molecule has 0 fully saturated rings. The summed E-state index contributed by atoms with van der Waals surface area (Å²) in [5.41, 5.74) is 0.00176. The van der Waals surface area contributed by atoms with Crippen LogP contribution in [0.4, 0.5) is 4.39 Å². The van der Waals surface area contributed by atoms with E-state index in [4.69, 9.17) is 4.84 Å². The van der Waals surface area contributed by atoms with Crippen molar-refractivity contribution < 1.29 is 23.6 Å². The van der Waals surface area contributed by atoms with E-state index in [9.17, 15) is 14.0 Å². The van der Waals surface area contributed by atoms with Gasteiger partial charge in [-0.15, -0.1) is 0 Å². The second-order valence-electron chi connectivity index (χ2n) is 6.95. The molecule has 0 aliphatic carbocycles. The summed E-state index contributed by atoms with van der Waals surface area (Å²) in [6, 6.07) is 9.67. The topological polar surface area (TPSA) is 89.9 Å². The van der Waals surface area contributed by atoms with Crippen molar-refractivity contribution in [3.05, 3.63) is 42.2 Å². The van der Waals surface area contributed by atoms with E-state index in [0.717, 1.165) is 10.8 Å². The second kappa shape index (κ2) is 8.33. The van der Waals surface area contributed by atoms with E-state index in [0.29, 0.717) is 11.4 Å². The number of pyridine rings is 1. The first kappa shape index (κ1) is 19.7. The third-order valence-electron chi connectivity index (χ3n) is 4.92. The van der Waals surface area contributed by atoms with Gasteiger partial charge in [0.05, 0.1) is 12.2 Å². The molecule has 1 aromatic heterocycles. The van der Waals surface area contributed by atoms with Crippen molar-refractivity contribution in [3.8, 4) is 0 Å². The zero-order valence-electron chi connectivity index (χ0n) is 15.7. The van der Waals surface area contributed by atoms with Crippen LogP contribution in [0.25, 0.3) is 10.8 Å². The SMILES string of the molecule is CC(C)C1(C(=O)NCC(CF)OC=O)CC(c2nccc3ccccc23)=NO1. The fourth-order valence-corrected chi connectivity index (χ4v) is 3.19. The third kappa shape index (κ3) is 3.67. The van der Waals surface area contributed by atoms with Crippen LogP contribution in [0.3, 0.4) is 0 Å². The van der Waals surface area contributed by atoms with E-state index >= 15 is 0 Å². The summed E-state index contributed by atoms with van der Waals surface area (Å²) in [6.07, 6.45) is 0.886. The Hall–Kier alpha value is -3.03. The molecule has 148 valence electrons. The Bertz CT molecular complexity index is 897. The van der Waals surface area contributed by atoms with Gasteiger partial charge in [0.1, 0.15) is 18.5 Å². The van der Waals surface area contributed by atoms with Gasteiger partial charge in [0.2, 0.25) is 5.60 Å². The van der Waals surface area contributed by atoms with Crippen LogP contribution in [-0.2, 0) is 19.2 Å².